The number of carbonyl (C=O) groups is 1. The van der Waals surface area contributed by atoms with E-state index < -0.39 is 0 Å². The summed E-state index contributed by atoms with van der Waals surface area (Å²) >= 11 is 0. The van der Waals surface area contributed by atoms with Crippen molar-refractivity contribution < 1.29 is 9.18 Å². The molecular weight excluding hydrogens is 305 g/mol. The van der Waals surface area contributed by atoms with Gasteiger partial charge in [0.05, 0.1) is 6.54 Å². The average Bonchev–Trinajstić information content (AvgIpc) is 2.46. The molecule has 0 bridgehead atoms. The second kappa shape index (κ2) is 9.77. The first kappa shape index (κ1) is 18.9. The van der Waals surface area contributed by atoms with E-state index in [4.69, 9.17) is 0 Å². The summed E-state index contributed by atoms with van der Waals surface area (Å²) in [5.74, 6) is 0.354. The predicted octanol–water partition coefficient (Wildman–Crippen LogP) is 2.51. The zero-order valence-corrected chi connectivity index (χ0v) is 13.8. The Bertz CT molecular complexity index is 464. The van der Waals surface area contributed by atoms with Crippen molar-refractivity contribution in [3.05, 3.63) is 30.1 Å². The molecule has 0 aromatic heterocycles. The molecule has 22 heavy (non-hydrogen) atoms. The Morgan fingerprint density at radius 1 is 1.36 bits per heavy atom. The summed E-state index contributed by atoms with van der Waals surface area (Å²) in [4.78, 5) is 14.1. The van der Waals surface area contributed by atoms with Crippen LogP contribution in [0, 0.1) is 11.7 Å². The summed E-state index contributed by atoms with van der Waals surface area (Å²) in [6.45, 7) is 3.37. The fourth-order valence-electron chi connectivity index (χ4n) is 2.75. The van der Waals surface area contributed by atoms with Gasteiger partial charge in [0.1, 0.15) is 5.82 Å². The smallest absolute Gasteiger partial charge is 0.238 e. The molecule has 124 valence electrons. The van der Waals surface area contributed by atoms with Crippen LogP contribution in [0.2, 0.25) is 0 Å². The minimum absolute atomic E-state index is 0. The molecular formula is C16H25ClFN3O. The topological polar surface area (TPSA) is 44.4 Å². The number of nitrogens with one attached hydrogen (secondary N) is 2. The van der Waals surface area contributed by atoms with E-state index in [2.05, 4.69) is 15.5 Å². The molecule has 1 aromatic rings. The Morgan fingerprint density at radius 2 is 2.09 bits per heavy atom. The lowest BCUT2D eigenvalue weighted by atomic mass is 9.93. The lowest BCUT2D eigenvalue weighted by Crippen LogP contribution is -2.39. The molecule has 0 unspecified atom stereocenters. The van der Waals surface area contributed by atoms with Crippen LogP contribution >= 0.6 is 12.4 Å². The number of anilines is 1. The highest BCUT2D eigenvalue weighted by Gasteiger charge is 2.20. The molecule has 2 N–H and O–H groups in total. The maximum atomic E-state index is 13.1. The standard InChI is InChI=1S/C16H24FN3O.ClH/c1-18-8-5-13-6-9-20(10-7-13)12-16(21)19-15-4-2-3-14(17)11-15;/h2-4,11,13,18H,5-10,12H2,1H3,(H,19,21);1H. The number of halogens is 2. The first-order chi connectivity index (χ1) is 10.2. The van der Waals surface area contributed by atoms with Crippen LogP contribution in [-0.4, -0.2) is 44.0 Å². The number of amides is 1. The Labute approximate surface area is 137 Å². The summed E-state index contributed by atoms with van der Waals surface area (Å²) in [5, 5.41) is 5.93. The first-order valence-electron chi connectivity index (χ1n) is 7.60. The third-order valence-corrected chi connectivity index (χ3v) is 3.99. The van der Waals surface area contributed by atoms with Crippen LogP contribution < -0.4 is 10.6 Å². The van der Waals surface area contributed by atoms with Crippen molar-refractivity contribution in [2.75, 3.05) is 38.5 Å². The first-order valence-corrected chi connectivity index (χ1v) is 7.60. The molecule has 4 nitrogen and oxygen atoms in total. The fraction of sp³-hybridized carbons (Fsp3) is 0.562. The average molecular weight is 330 g/mol. The molecule has 6 heteroatoms. The summed E-state index contributed by atoms with van der Waals surface area (Å²) in [6, 6.07) is 6.00. The molecule has 2 rings (SSSR count). The molecule has 1 heterocycles. The van der Waals surface area contributed by atoms with E-state index in [1.807, 2.05) is 7.05 Å². The molecule has 1 aliphatic heterocycles. The van der Waals surface area contributed by atoms with Crippen LogP contribution in [0.1, 0.15) is 19.3 Å². The zero-order chi connectivity index (χ0) is 15.1. The van der Waals surface area contributed by atoms with Crippen LogP contribution in [-0.2, 0) is 4.79 Å². The van der Waals surface area contributed by atoms with Crippen LogP contribution in [0.15, 0.2) is 24.3 Å². The summed E-state index contributed by atoms with van der Waals surface area (Å²) in [5.41, 5.74) is 0.518. The van der Waals surface area contributed by atoms with Gasteiger partial charge in [-0.2, -0.15) is 0 Å². The van der Waals surface area contributed by atoms with Gasteiger partial charge in [0.2, 0.25) is 5.91 Å². The largest absolute Gasteiger partial charge is 0.325 e. The number of rotatable bonds is 6. The predicted molar refractivity (Wildman–Crippen MR) is 90.0 cm³/mol. The van der Waals surface area contributed by atoms with Crippen LogP contribution in [0.5, 0.6) is 0 Å². The monoisotopic (exact) mass is 329 g/mol. The molecule has 0 atom stereocenters. The maximum absolute atomic E-state index is 13.1. The molecule has 1 aromatic carbocycles. The third-order valence-electron chi connectivity index (χ3n) is 3.99. The lowest BCUT2D eigenvalue weighted by Gasteiger charge is -2.31. The van der Waals surface area contributed by atoms with Crippen molar-refractivity contribution in [3.63, 3.8) is 0 Å². The van der Waals surface area contributed by atoms with E-state index >= 15 is 0 Å². The Kier molecular flexibility index (Phi) is 8.38. The molecule has 1 fully saturated rings. The van der Waals surface area contributed by atoms with E-state index in [0.29, 0.717) is 12.2 Å². The second-order valence-electron chi connectivity index (χ2n) is 5.67. The van der Waals surface area contributed by atoms with Crippen LogP contribution in [0.4, 0.5) is 10.1 Å². The van der Waals surface area contributed by atoms with Gasteiger partial charge in [-0.05, 0) is 70.1 Å². The van der Waals surface area contributed by atoms with Gasteiger partial charge in [-0.25, -0.2) is 4.39 Å². The van der Waals surface area contributed by atoms with Gasteiger partial charge in [0, 0.05) is 5.69 Å². The maximum Gasteiger partial charge on any atom is 0.238 e. The fourth-order valence-corrected chi connectivity index (χ4v) is 2.75. The number of benzene rings is 1. The van der Waals surface area contributed by atoms with Gasteiger partial charge in [0.15, 0.2) is 0 Å². The van der Waals surface area contributed by atoms with E-state index in [9.17, 15) is 9.18 Å². The molecule has 1 saturated heterocycles. The van der Waals surface area contributed by atoms with Crippen molar-refractivity contribution in [1.29, 1.82) is 0 Å². The van der Waals surface area contributed by atoms with Gasteiger partial charge in [-0.15, -0.1) is 12.4 Å². The number of nitrogens with zero attached hydrogens (tertiary/aromatic N) is 1. The van der Waals surface area contributed by atoms with E-state index in [1.165, 1.54) is 18.6 Å². The van der Waals surface area contributed by atoms with Crippen molar-refractivity contribution >= 4 is 24.0 Å². The molecule has 0 radical (unpaired) electrons. The Morgan fingerprint density at radius 3 is 2.73 bits per heavy atom. The minimum Gasteiger partial charge on any atom is -0.325 e. The highest BCUT2D eigenvalue weighted by molar-refractivity contribution is 5.92. The van der Waals surface area contributed by atoms with Crippen LogP contribution in [0.3, 0.4) is 0 Å². The minimum atomic E-state index is -0.335. The van der Waals surface area contributed by atoms with Crippen molar-refractivity contribution in [2.45, 2.75) is 19.3 Å². The van der Waals surface area contributed by atoms with E-state index in [1.54, 1.807) is 12.1 Å². The quantitative estimate of drug-likeness (QED) is 0.843. The highest BCUT2D eigenvalue weighted by atomic mass is 35.5. The van der Waals surface area contributed by atoms with Gasteiger partial charge in [-0.1, -0.05) is 6.07 Å². The summed E-state index contributed by atoms with van der Waals surface area (Å²) in [6.07, 6.45) is 3.50. The molecule has 0 saturated carbocycles. The molecule has 1 amide bonds. The number of likely N-dealkylation sites (tertiary alicyclic amines) is 1. The summed E-state index contributed by atoms with van der Waals surface area (Å²) in [7, 11) is 1.98. The van der Waals surface area contributed by atoms with E-state index in [-0.39, 0.29) is 24.1 Å². The normalized spacial score (nSPS) is 16.1. The molecule has 0 aliphatic carbocycles. The van der Waals surface area contributed by atoms with Crippen molar-refractivity contribution in [2.24, 2.45) is 5.92 Å². The van der Waals surface area contributed by atoms with Gasteiger partial charge >= 0.3 is 0 Å². The summed E-state index contributed by atoms with van der Waals surface area (Å²) < 4.78 is 13.1. The third kappa shape index (κ3) is 6.30. The number of carbonyl (C=O) groups excluding carboxylic acids is 1. The van der Waals surface area contributed by atoms with E-state index in [0.717, 1.165) is 38.4 Å². The number of hydrogen-bond acceptors (Lipinski definition) is 3. The van der Waals surface area contributed by atoms with Crippen molar-refractivity contribution in [1.82, 2.24) is 10.2 Å². The Balaban J connectivity index is 0.00000242. The van der Waals surface area contributed by atoms with Crippen LogP contribution in [0.25, 0.3) is 0 Å². The lowest BCUT2D eigenvalue weighted by molar-refractivity contribution is -0.117. The van der Waals surface area contributed by atoms with Gasteiger partial charge in [0.25, 0.3) is 0 Å². The number of piperidine rings is 1. The molecule has 0 spiro atoms. The zero-order valence-electron chi connectivity index (χ0n) is 13.0. The van der Waals surface area contributed by atoms with Gasteiger partial charge in [-0.3, -0.25) is 9.69 Å². The number of hydrogen-bond donors (Lipinski definition) is 2. The van der Waals surface area contributed by atoms with Gasteiger partial charge < -0.3 is 10.6 Å². The second-order valence-corrected chi connectivity index (χ2v) is 5.67. The molecule has 1 aliphatic rings. The Hall–Kier alpha value is -1.17. The van der Waals surface area contributed by atoms with Crippen molar-refractivity contribution in [3.8, 4) is 0 Å². The highest BCUT2D eigenvalue weighted by Crippen LogP contribution is 2.19. The SMILES string of the molecule is CNCCC1CCN(CC(=O)Nc2cccc(F)c2)CC1.Cl.